The van der Waals surface area contributed by atoms with E-state index in [1.807, 2.05) is 47.3 Å². The summed E-state index contributed by atoms with van der Waals surface area (Å²) in [6, 6.07) is 41.9. The first kappa shape index (κ1) is 25.1. The van der Waals surface area contributed by atoms with Crippen molar-refractivity contribution in [2.75, 3.05) is 0 Å². The molecule has 6 nitrogen and oxygen atoms in total. The fraction of sp³-hybridized carbons (Fsp3) is 0. The largest absolute Gasteiger partial charge is 2.00 e. The summed E-state index contributed by atoms with van der Waals surface area (Å²) in [5, 5.41) is 10.3. The Morgan fingerprint density at radius 2 is 1.44 bits per heavy atom. The van der Waals surface area contributed by atoms with Crippen molar-refractivity contribution in [3.05, 3.63) is 140 Å². The average Bonchev–Trinajstić information content (AvgIpc) is 3.71. The summed E-state index contributed by atoms with van der Waals surface area (Å²) in [7, 11) is 0. The Kier molecular flexibility index (Phi) is 6.06. The summed E-state index contributed by atoms with van der Waals surface area (Å²) in [4.78, 5) is 5.22. The number of phenols is 1. The van der Waals surface area contributed by atoms with Crippen molar-refractivity contribution in [2.24, 2.45) is 0 Å². The number of aromatic hydroxyl groups is 1. The minimum atomic E-state index is 0. The Labute approximate surface area is 250 Å². The second kappa shape index (κ2) is 9.92. The van der Waals surface area contributed by atoms with E-state index < -0.39 is 0 Å². The van der Waals surface area contributed by atoms with Crippen LogP contribution < -0.4 is 4.57 Å². The normalized spacial score (nSPS) is 11.3. The maximum Gasteiger partial charge on any atom is 2.00 e. The van der Waals surface area contributed by atoms with Crippen LogP contribution in [0.5, 0.6) is 5.75 Å². The molecule has 0 fully saturated rings. The summed E-state index contributed by atoms with van der Waals surface area (Å²) in [5.41, 5.74) is 8.70. The zero-order valence-electron chi connectivity index (χ0n) is 21.6. The van der Waals surface area contributed by atoms with E-state index >= 15 is 0 Å². The minimum Gasteiger partial charge on any atom is -0.511 e. The van der Waals surface area contributed by atoms with Gasteiger partial charge in [-0.25, -0.2) is 4.98 Å². The van der Waals surface area contributed by atoms with Gasteiger partial charge in [-0.05, 0) is 48.2 Å². The Hall–Kier alpha value is -4.93. The van der Waals surface area contributed by atoms with E-state index in [-0.39, 0.29) is 26.8 Å². The van der Waals surface area contributed by atoms with Crippen LogP contribution in [0.3, 0.4) is 0 Å². The molecule has 0 bridgehead atoms. The first-order chi connectivity index (χ1) is 19.8. The van der Waals surface area contributed by atoms with Gasteiger partial charge in [0, 0.05) is 18.1 Å². The minimum absolute atomic E-state index is 0. The van der Waals surface area contributed by atoms with Crippen LogP contribution in [0.25, 0.3) is 56.0 Å². The molecular formula is C34H22N5OPt+. The number of para-hydroxylation sites is 6. The number of phenolic OH excluding ortho intramolecular Hbond substituents is 1. The predicted molar refractivity (Wildman–Crippen MR) is 155 cm³/mol. The molecule has 0 amide bonds. The van der Waals surface area contributed by atoms with Crippen LogP contribution in [0.4, 0.5) is 0 Å². The van der Waals surface area contributed by atoms with Gasteiger partial charge in [0.1, 0.15) is 11.4 Å². The van der Waals surface area contributed by atoms with E-state index in [0.29, 0.717) is 5.69 Å². The van der Waals surface area contributed by atoms with Crippen molar-refractivity contribution in [1.82, 2.24) is 18.5 Å². The van der Waals surface area contributed by atoms with Gasteiger partial charge in [0.2, 0.25) is 5.78 Å². The third-order valence-corrected chi connectivity index (χ3v) is 7.30. The number of imidazole rings is 3. The van der Waals surface area contributed by atoms with E-state index in [9.17, 15) is 5.11 Å². The fourth-order valence-electron chi connectivity index (χ4n) is 5.48. The van der Waals surface area contributed by atoms with E-state index in [2.05, 4.69) is 94.2 Å². The van der Waals surface area contributed by atoms with Crippen molar-refractivity contribution in [3.63, 3.8) is 0 Å². The fourth-order valence-corrected chi connectivity index (χ4v) is 5.48. The molecule has 3 aromatic heterocycles. The molecule has 0 saturated heterocycles. The summed E-state index contributed by atoms with van der Waals surface area (Å²) >= 11 is 0. The molecule has 0 aliphatic carbocycles. The Morgan fingerprint density at radius 1 is 0.707 bits per heavy atom. The summed E-state index contributed by atoms with van der Waals surface area (Å²) in [6.07, 6.45) is 7.06. The molecule has 0 unspecified atom stereocenters. The Morgan fingerprint density at radius 3 is 2.29 bits per heavy atom. The van der Waals surface area contributed by atoms with Crippen molar-refractivity contribution < 1.29 is 30.7 Å². The molecule has 8 rings (SSSR count). The molecule has 3 heterocycles. The van der Waals surface area contributed by atoms with Gasteiger partial charge in [0.05, 0.1) is 22.1 Å². The van der Waals surface area contributed by atoms with Crippen molar-refractivity contribution >= 4 is 27.8 Å². The predicted octanol–water partition coefficient (Wildman–Crippen LogP) is 6.47. The smallest absolute Gasteiger partial charge is 0.511 e. The molecule has 0 spiro atoms. The van der Waals surface area contributed by atoms with Crippen LogP contribution in [-0.2, 0) is 21.1 Å². The van der Waals surface area contributed by atoms with Gasteiger partial charge in [0.15, 0.2) is 0 Å². The van der Waals surface area contributed by atoms with Gasteiger partial charge >= 0.3 is 21.1 Å². The SMILES string of the molecule is Oc1ccccc1-[n+]1[c-]n(-c2[c-]c(-c3cccc4c3nc3n(-c5ccccc5)c5ccccc5n43)ccc2)cc1.[Pt+2]. The Bertz CT molecular complexity index is 2190. The number of rotatable bonds is 4. The zero-order chi connectivity index (χ0) is 26.6. The summed E-state index contributed by atoms with van der Waals surface area (Å²) in [6.45, 7) is 0. The van der Waals surface area contributed by atoms with Crippen LogP contribution in [0.15, 0.2) is 128 Å². The summed E-state index contributed by atoms with van der Waals surface area (Å²) in [5.74, 6) is 1.07. The molecule has 41 heavy (non-hydrogen) atoms. The third-order valence-electron chi connectivity index (χ3n) is 7.30. The quantitative estimate of drug-likeness (QED) is 0.168. The molecule has 0 radical (unpaired) electrons. The number of hydrogen-bond donors (Lipinski definition) is 1. The van der Waals surface area contributed by atoms with Crippen molar-refractivity contribution in [2.45, 2.75) is 0 Å². The number of fused-ring (bicyclic) bond motifs is 5. The van der Waals surface area contributed by atoms with Crippen LogP contribution in [0.2, 0.25) is 0 Å². The van der Waals surface area contributed by atoms with Crippen LogP contribution in [-0.4, -0.2) is 23.6 Å². The first-order valence-electron chi connectivity index (χ1n) is 13.1. The van der Waals surface area contributed by atoms with Gasteiger partial charge in [-0.15, -0.1) is 29.8 Å². The van der Waals surface area contributed by atoms with Crippen LogP contribution in [0, 0.1) is 12.4 Å². The molecular weight excluding hydrogens is 689 g/mol. The molecule has 0 aliphatic heterocycles. The summed E-state index contributed by atoms with van der Waals surface area (Å²) < 4.78 is 8.09. The van der Waals surface area contributed by atoms with Gasteiger partial charge in [-0.2, -0.15) is 0 Å². The Balaban J connectivity index is 0.00000276. The topological polar surface area (TPSA) is 51.3 Å². The van der Waals surface area contributed by atoms with Gasteiger partial charge in [0.25, 0.3) is 6.33 Å². The van der Waals surface area contributed by atoms with Crippen molar-refractivity contribution in [1.29, 1.82) is 0 Å². The van der Waals surface area contributed by atoms with Crippen molar-refractivity contribution in [3.8, 4) is 33.9 Å². The van der Waals surface area contributed by atoms with E-state index in [0.717, 1.165) is 50.3 Å². The maximum absolute atomic E-state index is 10.3. The molecule has 0 aliphatic rings. The third kappa shape index (κ3) is 3.99. The number of hydrogen-bond acceptors (Lipinski definition) is 2. The maximum atomic E-state index is 10.3. The van der Waals surface area contributed by atoms with E-state index in [1.165, 1.54) is 0 Å². The zero-order valence-corrected chi connectivity index (χ0v) is 23.9. The van der Waals surface area contributed by atoms with Crippen LogP contribution >= 0.6 is 0 Å². The van der Waals surface area contributed by atoms with E-state index in [1.54, 1.807) is 16.7 Å². The number of nitrogens with zero attached hydrogens (tertiary/aromatic N) is 5. The van der Waals surface area contributed by atoms with Gasteiger partial charge in [-0.1, -0.05) is 60.2 Å². The number of aromatic nitrogens is 5. The molecule has 0 atom stereocenters. The average molecular weight is 712 g/mol. The standard InChI is InChI=1S/C34H22N5O.Pt/c40-32-19-7-6-17-30(32)37-21-20-36(23-37)26-13-8-10-24(22-26)27-14-9-18-31-33(27)35-34-38(25-11-2-1-3-12-25)28-15-4-5-16-29(28)39(31)34;/h1-21,40H;/q-1;+2. The second-order valence-electron chi connectivity index (χ2n) is 9.66. The number of benzene rings is 5. The molecule has 7 heteroatoms. The molecule has 5 aromatic carbocycles. The second-order valence-corrected chi connectivity index (χ2v) is 9.66. The molecule has 1 N–H and O–H groups in total. The molecule has 0 saturated carbocycles. The molecule has 198 valence electrons. The van der Waals surface area contributed by atoms with Gasteiger partial charge in [-0.3, -0.25) is 13.5 Å². The van der Waals surface area contributed by atoms with Crippen LogP contribution in [0.1, 0.15) is 0 Å². The van der Waals surface area contributed by atoms with Gasteiger partial charge < -0.3 is 9.67 Å². The first-order valence-corrected chi connectivity index (χ1v) is 13.1. The molecule has 8 aromatic rings. The monoisotopic (exact) mass is 711 g/mol. The van der Waals surface area contributed by atoms with E-state index in [4.69, 9.17) is 4.98 Å².